The molecule has 0 saturated heterocycles. The van der Waals surface area contributed by atoms with Crippen LogP contribution in [0.4, 0.5) is 4.79 Å². The molecule has 1 amide bonds. The number of hydrogen-bond acceptors (Lipinski definition) is 2. The van der Waals surface area contributed by atoms with E-state index < -0.39 is 14.4 Å². The maximum Gasteiger partial charge on any atom is 0.404 e. The summed E-state index contributed by atoms with van der Waals surface area (Å²) in [5, 5.41) is 13.9. The molecule has 0 spiro atoms. The number of carboxylic acid groups (broad SMARTS) is 1. The van der Waals surface area contributed by atoms with E-state index in [0.717, 1.165) is 6.42 Å². The first kappa shape index (κ1) is 19.6. The molecule has 1 fully saturated rings. The topological polar surface area (TPSA) is 58.6 Å². The number of rotatable bonds is 6. The van der Waals surface area contributed by atoms with Gasteiger partial charge >= 0.3 is 6.09 Å². The van der Waals surface area contributed by atoms with Crippen LogP contribution in [-0.4, -0.2) is 32.2 Å². The molecule has 0 radical (unpaired) electrons. The van der Waals surface area contributed by atoms with Crippen molar-refractivity contribution < 1.29 is 14.3 Å². The summed E-state index contributed by atoms with van der Waals surface area (Å²) >= 11 is 0. The highest BCUT2D eigenvalue weighted by Gasteiger charge is 2.59. The quantitative estimate of drug-likeness (QED) is 0.749. The van der Waals surface area contributed by atoms with E-state index in [1.54, 1.807) is 0 Å². The lowest BCUT2D eigenvalue weighted by atomic mass is 10.1. The summed E-state index contributed by atoms with van der Waals surface area (Å²) in [5.41, 5.74) is -0.147. The van der Waals surface area contributed by atoms with Crippen molar-refractivity contribution in [3.05, 3.63) is 60.7 Å². The third-order valence-electron chi connectivity index (χ3n) is 5.65. The molecule has 5 heteroatoms. The summed E-state index contributed by atoms with van der Waals surface area (Å²) in [6, 6.07) is 21.1. The number of carbonyl (C=O) groups is 1. The fraction of sp³-hybridized carbons (Fsp3) is 0.409. The Morgan fingerprint density at radius 2 is 1.59 bits per heavy atom. The van der Waals surface area contributed by atoms with Gasteiger partial charge in [0.05, 0.1) is 6.10 Å². The summed E-state index contributed by atoms with van der Waals surface area (Å²) in [4.78, 5) is 10.9. The second kappa shape index (κ2) is 7.13. The predicted molar refractivity (Wildman–Crippen MR) is 111 cm³/mol. The van der Waals surface area contributed by atoms with Gasteiger partial charge in [-0.15, -0.1) is 0 Å². The van der Waals surface area contributed by atoms with Gasteiger partial charge in [-0.3, -0.25) is 0 Å². The van der Waals surface area contributed by atoms with Crippen LogP contribution in [0.3, 0.4) is 0 Å². The lowest BCUT2D eigenvalue weighted by molar-refractivity contribution is 0.187. The van der Waals surface area contributed by atoms with Crippen molar-refractivity contribution >= 4 is 24.8 Å². The first-order chi connectivity index (χ1) is 12.7. The predicted octanol–water partition coefficient (Wildman–Crippen LogP) is 3.61. The van der Waals surface area contributed by atoms with Crippen LogP contribution in [-0.2, 0) is 4.43 Å². The summed E-state index contributed by atoms with van der Waals surface area (Å²) in [7, 11) is -2.57. The summed E-state index contributed by atoms with van der Waals surface area (Å²) in [6.07, 6.45) is -0.0550. The second-order valence-electron chi connectivity index (χ2n) is 8.79. The molecule has 1 saturated carbocycles. The zero-order chi connectivity index (χ0) is 19.7. The van der Waals surface area contributed by atoms with Crippen LogP contribution in [0.25, 0.3) is 0 Å². The van der Waals surface area contributed by atoms with Gasteiger partial charge in [0.15, 0.2) is 0 Å². The third kappa shape index (κ3) is 3.80. The molecule has 3 rings (SSSR count). The Kier molecular flexibility index (Phi) is 5.19. The molecule has 2 aromatic rings. The van der Waals surface area contributed by atoms with Crippen LogP contribution >= 0.6 is 0 Å². The maximum absolute atomic E-state index is 10.9. The van der Waals surface area contributed by atoms with Crippen LogP contribution < -0.4 is 15.7 Å². The molecule has 0 aliphatic heterocycles. The van der Waals surface area contributed by atoms with E-state index in [1.807, 2.05) is 12.1 Å². The lowest BCUT2D eigenvalue weighted by Gasteiger charge is -2.43. The van der Waals surface area contributed by atoms with Crippen LogP contribution in [0.2, 0.25) is 5.04 Å². The second-order valence-corrected chi connectivity index (χ2v) is 13.0. The monoisotopic (exact) mass is 383 g/mol. The molecule has 2 N–H and O–H groups in total. The summed E-state index contributed by atoms with van der Waals surface area (Å²) in [5.74, 6) is 0. The van der Waals surface area contributed by atoms with E-state index in [2.05, 4.69) is 81.5 Å². The Morgan fingerprint density at radius 1 is 1.11 bits per heavy atom. The molecular formula is C22H29NO3Si. The van der Waals surface area contributed by atoms with Gasteiger partial charge in [0.2, 0.25) is 0 Å². The Bertz CT molecular complexity index is 749. The third-order valence-corrected chi connectivity index (χ3v) is 10.7. The van der Waals surface area contributed by atoms with Crippen LogP contribution in [0.1, 0.15) is 34.1 Å². The molecule has 0 aromatic heterocycles. The van der Waals surface area contributed by atoms with E-state index in [1.165, 1.54) is 10.4 Å². The average Bonchev–Trinajstić information content (AvgIpc) is 3.28. The molecule has 1 aliphatic rings. The molecular weight excluding hydrogens is 354 g/mol. The van der Waals surface area contributed by atoms with Crippen molar-refractivity contribution in [2.24, 2.45) is 5.41 Å². The van der Waals surface area contributed by atoms with Crippen molar-refractivity contribution in [3.63, 3.8) is 0 Å². The lowest BCUT2D eigenvalue weighted by Crippen LogP contribution is -2.67. The number of benzene rings is 2. The molecule has 2 unspecified atom stereocenters. The first-order valence-corrected chi connectivity index (χ1v) is 11.4. The normalized spacial score (nSPS) is 22.3. The van der Waals surface area contributed by atoms with Crippen LogP contribution in [0.5, 0.6) is 0 Å². The zero-order valence-electron chi connectivity index (χ0n) is 16.5. The molecule has 144 valence electrons. The van der Waals surface area contributed by atoms with Gasteiger partial charge in [-0.2, -0.15) is 0 Å². The van der Waals surface area contributed by atoms with Gasteiger partial charge in [-0.1, -0.05) is 88.4 Å². The van der Waals surface area contributed by atoms with Gasteiger partial charge in [0.1, 0.15) is 0 Å². The smallest absolute Gasteiger partial charge is 0.404 e. The number of hydrogen-bond donors (Lipinski definition) is 2. The Balaban J connectivity index is 2.02. The molecule has 0 heterocycles. The van der Waals surface area contributed by atoms with Crippen molar-refractivity contribution in [1.82, 2.24) is 5.32 Å². The van der Waals surface area contributed by atoms with Crippen molar-refractivity contribution in [2.75, 3.05) is 6.54 Å². The van der Waals surface area contributed by atoms with Gasteiger partial charge in [-0.05, 0) is 21.8 Å². The minimum absolute atomic E-state index is 0.0515. The standard InChI is InChI=1S/C22H29NO3Si/c1-21(2,3)27(17-11-7-5-8-12-17,18-13-9-6-10-14-18)26-19-15-22(19,4)16-23-20(24)25/h5-14,19,23H,15-16H2,1-4H3,(H,24,25). The number of nitrogens with one attached hydrogen (secondary N) is 1. The largest absolute Gasteiger partial charge is 0.465 e. The van der Waals surface area contributed by atoms with Gasteiger partial charge in [0.25, 0.3) is 8.32 Å². The highest BCUT2D eigenvalue weighted by molar-refractivity contribution is 6.99. The molecule has 0 bridgehead atoms. The average molecular weight is 384 g/mol. The van der Waals surface area contributed by atoms with Gasteiger partial charge in [0, 0.05) is 12.0 Å². The SMILES string of the molecule is CC1(CNC(=O)O)CC1O[Si](c1ccccc1)(c1ccccc1)C(C)(C)C. The molecule has 4 nitrogen and oxygen atoms in total. The van der Waals surface area contributed by atoms with Gasteiger partial charge in [-0.25, -0.2) is 4.79 Å². The zero-order valence-corrected chi connectivity index (χ0v) is 17.5. The van der Waals surface area contributed by atoms with Gasteiger partial charge < -0.3 is 14.8 Å². The Morgan fingerprint density at radius 3 is 2.00 bits per heavy atom. The van der Waals surface area contributed by atoms with Crippen LogP contribution in [0, 0.1) is 5.41 Å². The Labute approximate surface area is 162 Å². The van der Waals surface area contributed by atoms with Crippen LogP contribution in [0.15, 0.2) is 60.7 Å². The van der Waals surface area contributed by atoms with E-state index >= 15 is 0 Å². The molecule has 2 atom stereocenters. The highest BCUT2D eigenvalue weighted by Crippen LogP contribution is 2.51. The minimum atomic E-state index is -2.57. The molecule has 27 heavy (non-hydrogen) atoms. The molecule has 2 aromatic carbocycles. The van der Waals surface area contributed by atoms with E-state index in [0.29, 0.717) is 6.54 Å². The number of amides is 1. The highest BCUT2D eigenvalue weighted by atomic mass is 28.4. The van der Waals surface area contributed by atoms with E-state index in [9.17, 15) is 4.79 Å². The minimum Gasteiger partial charge on any atom is -0.465 e. The van der Waals surface area contributed by atoms with Crippen molar-refractivity contribution in [1.29, 1.82) is 0 Å². The first-order valence-electron chi connectivity index (χ1n) is 9.45. The Hall–Kier alpha value is -2.11. The van der Waals surface area contributed by atoms with Crippen molar-refractivity contribution in [2.45, 2.75) is 45.3 Å². The fourth-order valence-electron chi connectivity index (χ4n) is 3.92. The van der Waals surface area contributed by atoms with E-state index in [4.69, 9.17) is 9.53 Å². The van der Waals surface area contributed by atoms with Crippen molar-refractivity contribution in [3.8, 4) is 0 Å². The maximum atomic E-state index is 10.9. The van der Waals surface area contributed by atoms with E-state index in [-0.39, 0.29) is 16.6 Å². The fourth-order valence-corrected chi connectivity index (χ4v) is 8.73. The molecule has 1 aliphatic carbocycles. The summed E-state index contributed by atoms with van der Waals surface area (Å²) in [6.45, 7) is 9.30. The summed E-state index contributed by atoms with van der Waals surface area (Å²) < 4.78 is 7.04.